The Kier molecular flexibility index (Phi) is 3.92. The number of aryl methyl sites for hydroxylation is 1. The van der Waals surface area contributed by atoms with E-state index in [0.717, 1.165) is 18.5 Å². The van der Waals surface area contributed by atoms with Crippen LogP contribution in [0.4, 0.5) is 5.69 Å². The van der Waals surface area contributed by atoms with Crippen molar-refractivity contribution in [3.63, 3.8) is 0 Å². The van der Waals surface area contributed by atoms with Gasteiger partial charge in [0.2, 0.25) is 11.8 Å². The molecule has 0 saturated heterocycles. The summed E-state index contributed by atoms with van der Waals surface area (Å²) < 4.78 is 5.45. The number of rotatable bonds is 4. The van der Waals surface area contributed by atoms with Gasteiger partial charge in [-0.05, 0) is 12.0 Å². The van der Waals surface area contributed by atoms with E-state index in [4.69, 9.17) is 10.5 Å². The van der Waals surface area contributed by atoms with Crippen molar-refractivity contribution >= 4 is 5.69 Å². The van der Waals surface area contributed by atoms with Gasteiger partial charge in [-0.15, -0.1) is 5.10 Å². The highest BCUT2D eigenvalue weighted by atomic mass is 16.6. The Hall–Kier alpha value is -3.34. The molecule has 0 bridgehead atoms. The van der Waals surface area contributed by atoms with E-state index in [0.29, 0.717) is 17.0 Å². The average molecular weight is 325 g/mol. The van der Waals surface area contributed by atoms with Gasteiger partial charge < -0.3 is 10.5 Å². The number of allylic oxidation sites excluding steroid dienone is 1. The molecule has 0 saturated carbocycles. The van der Waals surface area contributed by atoms with E-state index >= 15 is 0 Å². The Labute approximate surface area is 137 Å². The number of nitro benzene ring substituents is 1. The van der Waals surface area contributed by atoms with Crippen molar-refractivity contribution < 1.29 is 9.66 Å². The fourth-order valence-electron chi connectivity index (χ4n) is 2.90. The van der Waals surface area contributed by atoms with Gasteiger partial charge in [0, 0.05) is 23.4 Å². The second kappa shape index (κ2) is 6.04. The van der Waals surface area contributed by atoms with E-state index in [9.17, 15) is 15.4 Å². The Balaban J connectivity index is 2.21. The largest absolute Gasteiger partial charge is 0.420 e. The summed E-state index contributed by atoms with van der Waals surface area (Å²) in [6.07, 6.45) is 1.59. The molecule has 8 nitrogen and oxygen atoms in total. The predicted molar refractivity (Wildman–Crippen MR) is 85.0 cm³/mol. The van der Waals surface area contributed by atoms with Crippen LogP contribution in [0.25, 0.3) is 0 Å². The maximum absolute atomic E-state index is 11.1. The van der Waals surface area contributed by atoms with E-state index in [1.54, 1.807) is 12.1 Å². The minimum absolute atomic E-state index is 0.0314. The fourth-order valence-corrected chi connectivity index (χ4v) is 2.90. The third-order valence-electron chi connectivity index (χ3n) is 3.93. The first-order chi connectivity index (χ1) is 11.6. The van der Waals surface area contributed by atoms with E-state index in [2.05, 4.69) is 16.3 Å². The number of hydrogen-bond acceptors (Lipinski definition) is 6. The molecule has 2 aromatic rings. The molecule has 1 atom stereocenters. The van der Waals surface area contributed by atoms with Gasteiger partial charge in [0.25, 0.3) is 5.69 Å². The normalized spacial score (nSPS) is 16.2. The number of nitro groups is 1. The minimum atomic E-state index is -0.543. The van der Waals surface area contributed by atoms with Crippen LogP contribution in [0, 0.1) is 21.4 Å². The molecule has 0 unspecified atom stereocenters. The van der Waals surface area contributed by atoms with Crippen LogP contribution in [0.15, 0.2) is 35.7 Å². The summed E-state index contributed by atoms with van der Waals surface area (Å²) in [6.45, 7) is 2.02. The lowest BCUT2D eigenvalue weighted by Gasteiger charge is -2.23. The number of H-pyrrole nitrogens is 1. The van der Waals surface area contributed by atoms with Gasteiger partial charge in [-0.1, -0.05) is 25.5 Å². The molecular weight excluding hydrogens is 310 g/mol. The second-order valence-electron chi connectivity index (χ2n) is 5.45. The van der Waals surface area contributed by atoms with Gasteiger partial charge in [0.05, 0.1) is 10.8 Å². The summed E-state index contributed by atoms with van der Waals surface area (Å²) >= 11 is 0. The standard InChI is InChI=1S/C16H15N5O3/c1-2-4-12-14-13(9-5-3-6-10(7-9)21(22)23)11(8-17)15(18)24-16(14)20-19-12/h3,5-7,13H,2,4,18H2,1H3,(H,19,20)/t13-/m1/s1. The molecule has 122 valence electrons. The Morgan fingerprint density at radius 2 is 2.33 bits per heavy atom. The number of aromatic nitrogens is 2. The first kappa shape index (κ1) is 15.6. The highest BCUT2D eigenvalue weighted by Gasteiger charge is 2.35. The van der Waals surface area contributed by atoms with Crippen molar-refractivity contribution in [2.75, 3.05) is 0 Å². The summed E-state index contributed by atoms with van der Waals surface area (Å²) in [5.41, 5.74) is 8.19. The van der Waals surface area contributed by atoms with Crippen molar-refractivity contribution in [1.82, 2.24) is 10.2 Å². The molecule has 0 fully saturated rings. The molecule has 0 amide bonds. The summed E-state index contributed by atoms with van der Waals surface area (Å²) in [5.74, 6) is -0.263. The van der Waals surface area contributed by atoms with E-state index in [-0.39, 0.29) is 17.1 Å². The first-order valence-corrected chi connectivity index (χ1v) is 7.45. The van der Waals surface area contributed by atoms with E-state index in [1.807, 2.05) is 6.92 Å². The summed E-state index contributed by atoms with van der Waals surface area (Å²) in [5, 5.41) is 27.6. The third kappa shape index (κ3) is 2.46. The Morgan fingerprint density at radius 3 is 3.00 bits per heavy atom. The SMILES string of the molecule is CCCc1[nH]nc2c1[C@H](c1cccc([N+](=O)[O-])c1)C(C#N)=C(N)O2. The number of ether oxygens (including phenoxy) is 1. The van der Waals surface area contributed by atoms with Crippen molar-refractivity contribution in [3.8, 4) is 11.9 Å². The van der Waals surface area contributed by atoms with Crippen LogP contribution in [-0.4, -0.2) is 15.1 Å². The first-order valence-electron chi connectivity index (χ1n) is 7.45. The van der Waals surface area contributed by atoms with Gasteiger partial charge in [-0.2, -0.15) is 5.26 Å². The van der Waals surface area contributed by atoms with Crippen molar-refractivity contribution in [2.45, 2.75) is 25.7 Å². The number of hydrogen-bond donors (Lipinski definition) is 2. The monoisotopic (exact) mass is 325 g/mol. The second-order valence-corrected chi connectivity index (χ2v) is 5.45. The van der Waals surface area contributed by atoms with Crippen LogP contribution in [0.5, 0.6) is 5.88 Å². The predicted octanol–water partition coefficient (Wildman–Crippen LogP) is 2.49. The summed E-state index contributed by atoms with van der Waals surface area (Å²) in [7, 11) is 0. The number of nitrogens with two attached hydrogens (primary N) is 1. The lowest BCUT2D eigenvalue weighted by molar-refractivity contribution is -0.384. The Morgan fingerprint density at radius 1 is 1.54 bits per heavy atom. The number of nitriles is 1. The maximum atomic E-state index is 11.1. The van der Waals surface area contributed by atoms with Crippen LogP contribution in [0.3, 0.4) is 0 Å². The summed E-state index contributed by atoms with van der Waals surface area (Å²) in [4.78, 5) is 10.6. The van der Waals surface area contributed by atoms with Gasteiger partial charge in [-0.3, -0.25) is 15.2 Å². The molecule has 0 spiro atoms. The molecule has 3 rings (SSSR count). The zero-order valence-corrected chi connectivity index (χ0v) is 12.9. The average Bonchev–Trinajstić information content (AvgIpc) is 2.96. The summed E-state index contributed by atoms with van der Waals surface area (Å²) in [6, 6.07) is 8.26. The number of non-ortho nitro benzene ring substituents is 1. The molecule has 3 N–H and O–H groups in total. The molecule has 1 aromatic carbocycles. The number of fused-ring (bicyclic) bond motifs is 1. The number of nitrogens with zero attached hydrogens (tertiary/aromatic N) is 3. The highest BCUT2D eigenvalue weighted by Crippen LogP contribution is 2.43. The molecule has 2 heterocycles. The molecule has 0 aliphatic carbocycles. The molecule has 1 aliphatic heterocycles. The molecule has 24 heavy (non-hydrogen) atoms. The number of aromatic amines is 1. The quantitative estimate of drug-likeness (QED) is 0.656. The molecule has 1 aliphatic rings. The molecular formula is C16H15N5O3. The van der Waals surface area contributed by atoms with Gasteiger partial charge in [0.15, 0.2) is 0 Å². The van der Waals surface area contributed by atoms with Crippen molar-refractivity contribution in [3.05, 3.63) is 62.7 Å². The maximum Gasteiger partial charge on any atom is 0.269 e. The van der Waals surface area contributed by atoms with Gasteiger partial charge in [-0.25, -0.2) is 0 Å². The van der Waals surface area contributed by atoms with Crippen LogP contribution < -0.4 is 10.5 Å². The van der Waals surface area contributed by atoms with E-state index < -0.39 is 10.8 Å². The van der Waals surface area contributed by atoms with E-state index in [1.165, 1.54) is 12.1 Å². The van der Waals surface area contributed by atoms with Gasteiger partial charge >= 0.3 is 0 Å². The van der Waals surface area contributed by atoms with Crippen LogP contribution >= 0.6 is 0 Å². The van der Waals surface area contributed by atoms with Crippen LogP contribution in [0.1, 0.15) is 36.1 Å². The van der Waals surface area contributed by atoms with Crippen LogP contribution in [0.2, 0.25) is 0 Å². The van der Waals surface area contributed by atoms with Crippen LogP contribution in [-0.2, 0) is 6.42 Å². The topological polar surface area (TPSA) is 131 Å². The zero-order valence-electron chi connectivity index (χ0n) is 12.9. The highest BCUT2D eigenvalue weighted by molar-refractivity contribution is 5.56. The lowest BCUT2D eigenvalue weighted by Crippen LogP contribution is -2.21. The fraction of sp³-hybridized carbons (Fsp3) is 0.250. The third-order valence-corrected chi connectivity index (χ3v) is 3.93. The molecule has 0 radical (unpaired) electrons. The Bertz CT molecular complexity index is 878. The number of nitrogens with one attached hydrogen (secondary N) is 1. The molecule has 1 aromatic heterocycles. The number of benzene rings is 1. The minimum Gasteiger partial charge on any atom is -0.420 e. The van der Waals surface area contributed by atoms with Gasteiger partial charge in [0.1, 0.15) is 11.6 Å². The molecule has 8 heteroatoms. The smallest absolute Gasteiger partial charge is 0.269 e. The van der Waals surface area contributed by atoms with Crippen molar-refractivity contribution in [2.24, 2.45) is 5.73 Å². The lowest BCUT2D eigenvalue weighted by atomic mass is 9.83. The van der Waals surface area contributed by atoms with Crippen molar-refractivity contribution in [1.29, 1.82) is 5.26 Å². The zero-order chi connectivity index (χ0) is 17.3.